The molecule has 0 aliphatic heterocycles. The first kappa shape index (κ1) is 16.3. The molecule has 0 spiro atoms. The number of halogens is 2. The smallest absolute Gasteiger partial charge is 0.220 e. The molecule has 2 aromatic carbocycles. The highest BCUT2D eigenvalue weighted by molar-refractivity contribution is 6.17. The van der Waals surface area contributed by atoms with Gasteiger partial charge in [0, 0.05) is 18.8 Å². The lowest BCUT2D eigenvalue weighted by Crippen LogP contribution is -2.22. The molecular weight excluding hydrogens is 305 g/mol. The molecule has 2 rings (SSSR count). The standard InChI is InChI=1S/C17H17ClFNO2/c18-11-1-2-17(21)20-12-13-3-7-15(8-4-13)22-16-9-5-14(19)6-10-16/h3-10H,1-2,11-12H2,(H,20,21). The zero-order valence-electron chi connectivity index (χ0n) is 12.0. The van der Waals surface area contributed by atoms with Crippen molar-refractivity contribution in [2.24, 2.45) is 0 Å². The summed E-state index contributed by atoms with van der Waals surface area (Å²) in [5.74, 6) is 1.41. The van der Waals surface area contributed by atoms with E-state index in [-0.39, 0.29) is 11.7 Å². The second-order valence-electron chi connectivity index (χ2n) is 4.77. The number of ether oxygens (including phenoxy) is 1. The lowest BCUT2D eigenvalue weighted by atomic mass is 10.2. The Morgan fingerprint density at radius 3 is 2.23 bits per heavy atom. The number of amides is 1. The van der Waals surface area contributed by atoms with Crippen molar-refractivity contribution < 1.29 is 13.9 Å². The third-order valence-corrected chi connectivity index (χ3v) is 3.27. The monoisotopic (exact) mass is 321 g/mol. The van der Waals surface area contributed by atoms with Gasteiger partial charge in [-0.15, -0.1) is 11.6 Å². The number of benzene rings is 2. The number of nitrogens with one attached hydrogen (secondary N) is 1. The van der Waals surface area contributed by atoms with E-state index < -0.39 is 0 Å². The average molecular weight is 322 g/mol. The lowest BCUT2D eigenvalue weighted by Gasteiger charge is -2.08. The van der Waals surface area contributed by atoms with Crippen molar-refractivity contribution in [3.63, 3.8) is 0 Å². The summed E-state index contributed by atoms with van der Waals surface area (Å²) >= 11 is 5.54. The highest BCUT2D eigenvalue weighted by Gasteiger charge is 2.02. The van der Waals surface area contributed by atoms with E-state index in [4.69, 9.17) is 16.3 Å². The molecule has 0 atom stereocenters. The molecule has 0 saturated carbocycles. The first-order valence-electron chi connectivity index (χ1n) is 7.02. The number of hydrogen-bond donors (Lipinski definition) is 1. The largest absolute Gasteiger partial charge is 0.457 e. The van der Waals surface area contributed by atoms with Crippen LogP contribution in [0.5, 0.6) is 11.5 Å². The van der Waals surface area contributed by atoms with E-state index in [0.717, 1.165) is 5.56 Å². The van der Waals surface area contributed by atoms with Crippen molar-refractivity contribution in [1.29, 1.82) is 0 Å². The summed E-state index contributed by atoms with van der Waals surface area (Å²) in [6.45, 7) is 0.470. The van der Waals surface area contributed by atoms with Crippen LogP contribution in [0.4, 0.5) is 4.39 Å². The van der Waals surface area contributed by atoms with Gasteiger partial charge in [0.1, 0.15) is 17.3 Å². The van der Waals surface area contributed by atoms with Gasteiger partial charge in [-0.05, 0) is 48.4 Å². The zero-order chi connectivity index (χ0) is 15.8. The van der Waals surface area contributed by atoms with Crippen LogP contribution in [0.3, 0.4) is 0 Å². The summed E-state index contributed by atoms with van der Waals surface area (Å²) in [6, 6.07) is 13.2. The Morgan fingerprint density at radius 2 is 1.64 bits per heavy atom. The van der Waals surface area contributed by atoms with Crippen LogP contribution in [0.2, 0.25) is 0 Å². The summed E-state index contributed by atoms with van der Waals surface area (Å²) in [7, 11) is 0. The molecular formula is C17H17ClFNO2. The first-order chi connectivity index (χ1) is 10.7. The molecule has 0 unspecified atom stereocenters. The van der Waals surface area contributed by atoms with Crippen molar-refractivity contribution >= 4 is 17.5 Å². The molecule has 0 saturated heterocycles. The fraction of sp³-hybridized carbons (Fsp3) is 0.235. The minimum Gasteiger partial charge on any atom is -0.457 e. The maximum atomic E-state index is 12.8. The Bertz CT molecular complexity index is 599. The van der Waals surface area contributed by atoms with Gasteiger partial charge in [0.25, 0.3) is 0 Å². The third kappa shape index (κ3) is 5.37. The fourth-order valence-electron chi connectivity index (χ4n) is 1.83. The molecule has 0 fully saturated rings. The van der Waals surface area contributed by atoms with Crippen LogP contribution in [-0.4, -0.2) is 11.8 Å². The average Bonchev–Trinajstić information content (AvgIpc) is 2.54. The number of carbonyl (C=O) groups is 1. The van der Waals surface area contributed by atoms with Crippen molar-refractivity contribution in [3.05, 3.63) is 59.9 Å². The Labute approximate surface area is 134 Å². The van der Waals surface area contributed by atoms with Gasteiger partial charge in [-0.2, -0.15) is 0 Å². The molecule has 0 aliphatic carbocycles. The minimum atomic E-state index is -0.299. The Morgan fingerprint density at radius 1 is 1.05 bits per heavy atom. The maximum Gasteiger partial charge on any atom is 0.220 e. The van der Waals surface area contributed by atoms with Gasteiger partial charge in [0.2, 0.25) is 5.91 Å². The molecule has 1 N–H and O–H groups in total. The third-order valence-electron chi connectivity index (χ3n) is 3.00. The van der Waals surface area contributed by atoms with E-state index in [1.165, 1.54) is 12.1 Å². The van der Waals surface area contributed by atoms with Gasteiger partial charge >= 0.3 is 0 Å². The van der Waals surface area contributed by atoms with Gasteiger partial charge in [-0.25, -0.2) is 4.39 Å². The zero-order valence-corrected chi connectivity index (χ0v) is 12.8. The Hall–Kier alpha value is -2.07. The maximum absolute atomic E-state index is 12.8. The molecule has 22 heavy (non-hydrogen) atoms. The van der Waals surface area contributed by atoms with Crippen molar-refractivity contribution in [2.45, 2.75) is 19.4 Å². The highest BCUT2D eigenvalue weighted by atomic mass is 35.5. The minimum absolute atomic E-state index is 0.00714. The molecule has 0 aromatic heterocycles. The van der Waals surface area contributed by atoms with Gasteiger partial charge in [-0.1, -0.05) is 12.1 Å². The second kappa shape index (κ2) is 8.39. The molecule has 0 radical (unpaired) electrons. The van der Waals surface area contributed by atoms with Crippen LogP contribution in [0, 0.1) is 5.82 Å². The SMILES string of the molecule is O=C(CCCCl)NCc1ccc(Oc2ccc(F)cc2)cc1. The molecule has 0 heterocycles. The fourth-order valence-corrected chi connectivity index (χ4v) is 1.96. The molecule has 5 heteroatoms. The molecule has 0 bridgehead atoms. The van der Waals surface area contributed by atoms with E-state index in [2.05, 4.69) is 5.32 Å². The summed E-state index contributed by atoms with van der Waals surface area (Å²) < 4.78 is 18.4. The van der Waals surface area contributed by atoms with Crippen molar-refractivity contribution in [1.82, 2.24) is 5.32 Å². The van der Waals surface area contributed by atoms with Crippen LogP contribution in [0.15, 0.2) is 48.5 Å². The predicted octanol–water partition coefficient (Wildman–Crippen LogP) is 4.25. The van der Waals surface area contributed by atoms with E-state index in [1.807, 2.05) is 24.3 Å². The summed E-state index contributed by atoms with van der Waals surface area (Å²) in [6.07, 6.45) is 1.12. The number of hydrogen-bond acceptors (Lipinski definition) is 2. The topological polar surface area (TPSA) is 38.3 Å². The van der Waals surface area contributed by atoms with Crippen molar-refractivity contribution in [3.8, 4) is 11.5 Å². The normalized spacial score (nSPS) is 10.3. The van der Waals surface area contributed by atoms with E-state index >= 15 is 0 Å². The molecule has 1 amide bonds. The van der Waals surface area contributed by atoms with Crippen molar-refractivity contribution in [2.75, 3.05) is 5.88 Å². The summed E-state index contributed by atoms with van der Waals surface area (Å²) in [4.78, 5) is 11.5. The van der Waals surface area contributed by atoms with Crippen LogP contribution in [0.25, 0.3) is 0 Å². The van der Waals surface area contributed by atoms with Gasteiger partial charge in [-0.3, -0.25) is 4.79 Å². The van der Waals surface area contributed by atoms with E-state index in [1.54, 1.807) is 12.1 Å². The van der Waals surface area contributed by atoms with Crippen LogP contribution < -0.4 is 10.1 Å². The predicted molar refractivity (Wildman–Crippen MR) is 84.7 cm³/mol. The number of alkyl halides is 1. The molecule has 3 nitrogen and oxygen atoms in total. The van der Waals surface area contributed by atoms with Crippen LogP contribution >= 0.6 is 11.6 Å². The van der Waals surface area contributed by atoms with Gasteiger partial charge < -0.3 is 10.1 Å². The van der Waals surface area contributed by atoms with Gasteiger partial charge in [0.15, 0.2) is 0 Å². The summed E-state index contributed by atoms with van der Waals surface area (Å²) in [5.41, 5.74) is 0.977. The van der Waals surface area contributed by atoms with E-state index in [9.17, 15) is 9.18 Å². The molecule has 2 aromatic rings. The first-order valence-corrected chi connectivity index (χ1v) is 7.56. The number of carbonyl (C=O) groups excluding carboxylic acids is 1. The Kier molecular flexibility index (Phi) is 6.22. The Balaban J connectivity index is 1.85. The molecule has 116 valence electrons. The second-order valence-corrected chi connectivity index (χ2v) is 5.15. The van der Waals surface area contributed by atoms with E-state index in [0.29, 0.717) is 36.8 Å². The number of rotatable bonds is 7. The van der Waals surface area contributed by atoms with Crippen LogP contribution in [0.1, 0.15) is 18.4 Å². The highest BCUT2D eigenvalue weighted by Crippen LogP contribution is 2.21. The molecule has 0 aliphatic rings. The lowest BCUT2D eigenvalue weighted by molar-refractivity contribution is -0.121. The van der Waals surface area contributed by atoms with Gasteiger partial charge in [0.05, 0.1) is 0 Å². The van der Waals surface area contributed by atoms with Crippen LogP contribution in [-0.2, 0) is 11.3 Å². The summed E-state index contributed by atoms with van der Waals surface area (Å²) in [5, 5.41) is 2.83. The quantitative estimate of drug-likeness (QED) is 0.774.